The van der Waals surface area contributed by atoms with Gasteiger partial charge in [-0.25, -0.2) is 4.79 Å². The number of methoxy groups -OCH3 is 2. The van der Waals surface area contributed by atoms with E-state index < -0.39 is 5.97 Å². The van der Waals surface area contributed by atoms with Crippen molar-refractivity contribution < 1.29 is 24.1 Å². The third-order valence-corrected chi connectivity index (χ3v) is 3.26. The van der Waals surface area contributed by atoms with Crippen LogP contribution in [0.25, 0.3) is 0 Å². The van der Waals surface area contributed by atoms with Crippen LogP contribution in [0.4, 0.5) is 0 Å². The molecule has 110 valence electrons. The molecule has 6 heteroatoms. The number of carbonyl (C=O) groups is 1. The Morgan fingerprint density at radius 2 is 1.67 bits per heavy atom. The molecule has 0 aliphatic heterocycles. The summed E-state index contributed by atoms with van der Waals surface area (Å²) in [5.41, 5.74) is 0.0392. The van der Waals surface area contributed by atoms with Gasteiger partial charge in [-0.1, -0.05) is 22.0 Å². The van der Waals surface area contributed by atoms with Gasteiger partial charge in [0.25, 0.3) is 0 Å². The van der Waals surface area contributed by atoms with E-state index in [0.717, 1.165) is 0 Å². The fraction of sp³-hybridized carbons (Fsp3) is 0.133. The van der Waals surface area contributed by atoms with Gasteiger partial charge in [-0.2, -0.15) is 0 Å². The lowest BCUT2D eigenvalue weighted by atomic mass is 10.2. The van der Waals surface area contributed by atoms with Gasteiger partial charge in [0.05, 0.1) is 14.2 Å². The quantitative estimate of drug-likeness (QED) is 0.882. The number of carboxylic acids is 1. The molecule has 21 heavy (non-hydrogen) atoms. The van der Waals surface area contributed by atoms with E-state index in [1.807, 2.05) is 0 Å². The second-order valence-electron chi connectivity index (χ2n) is 4.04. The van der Waals surface area contributed by atoms with Gasteiger partial charge in [-0.05, 0) is 30.3 Å². The summed E-state index contributed by atoms with van der Waals surface area (Å²) in [6.45, 7) is 0. The van der Waals surface area contributed by atoms with Crippen LogP contribution >= 0.6 is 15.9 Å². The van der Waals surface area contributed by atoms with Crippen molar-refractivity contribution in [1.82, 2.24) is 0 Å². The van der Waals surface area contributed by atoms with Crippen LogP contribution in [0.15, 0.2) is 40.9 Å². The molecule has 0 aliphatic rings. The third-order valence-electron chi connectivity index (χ3n) is 2.77. The molecule has 0 unspecified atom stereocenters. The van der Waals surface area contributed by atoms with Gasteiger partial charge < -0.3 is 19.3 Å². The largest absolute Gasteiger partial charge is 0.493 e. The van der Waals surface area contributed by atoms with E-state index in [4.69, 9.17) is 14.2 Å². The average Bonchev–Trinajstić information content (AvgIpc) is 2.48. The van der Waals surface area contributed by atoms with Crippen molar-refractivity contribution >= 4 is 21.9 Å². The van der Waals surface area contributed by atoms with Crippen molar-refractivity contribution in [2.24, 2.45) is 0 Å². The predicted octanol–water partition coefficient (Wildman–Crippen LogP) is 3.96. The highest BCUT2D eigenvalue weighted by atomic mass is 79.9. The Kier molecular flexibility index (Phi) is 4.70. The Morgan fingerprint density at radius 3 is 2.19 bits per heavy atom. The second kappa shape index (κ2) is 6.49. The summed E-state index contributed by atoms with van der Waals surface area (Å²) >= 11 is 3.24. The van der Waals surface area contributed by atoms with Crippen LogP contribution in [0.2, 0.25) is 0 Å². The molecule has 0 spiro atoms. The maximum absolute atomic E-state index is 11.3. The molecule has 0 aliphatic carbocycles. The first kappa shape index (κ1) is 15.2. The highest BCUT2D eigenvalue weighted by Gasteiger charge is 2.17. The minimum absolute atomic E-state index is 0.0392. The predicted molar refractivity (Wildman–Crippen MR) is 80.7 cm³/mol. The number of ether oxygens (including phenoxy) is 3. The van der Waals surface area contributed by atoms with Crippen LogP contribution in [0.1, 0.15) is 10.4 Å². The Morgan fingerprint density at radius 1 is 1.05 bits per heavy atom. The molecule has 0 atom stereocenters. The fourth-order valence-electron chi connectivity index (χ4n) is 1.79. The van der Waals surface area contributed by atoms with Gasteiger partial charge in [0.15, 0.2) is 11.5 Å². The number of aromatic carboxylic acids is 1. The molecule has 0 heterocycles. The number of halogens is 1. The molecule has 0 amide bonds. The van der Waals surface area contributed by atoms with Crippen LogP contribution in [0.3, 0.4) is 0 Å². The molecule has 0 saturated carbocycles. The molecule has 0 fully saturated rings. The van der Waals surface area contributed by atoms with Gasteiger partial charge in [-0.3, -0.25) is 0 Å². The van der Waals surface area contributed by atoms with E-state index >= 15 is 0 Å². The maximum atomic E-state index is 11.3. The van der Waals surface area contributed by atoms with Gasteiger partial charge in [0, 0.05) is 4.47 Å². The van der Waals surface area contributed by atoms with Crippen molar-refractivity contribution in [3.8, 4) is 23.0 Å². The Balaban J connectivity index is 2.50. The van der Waals surface area contributed by atoms with E-state index in [1.165, 1.54) is 20.3 Å². The average molecular weight is 353 g/mol. The molecule has 0 radical (unpaired) electrons. The minimum atomic E-state index is -1.08. The topological polar surface area (TPSA) is 65.0 Å². The van der Waals surface area contributed by atoms with E-state index in [-0.39, 0.29) is 11.3 Å². The molecule has 2 rings (SSSR count). The lowest BCUT2D eigenvalue weighted by Gasteiger charge is -2.15. The minimum Gasteiger partial charge on any atom is -0.493 e. The van der Waals surface area contributed by atoms with Crippen LogP contribution in [-0.2, 0) is 0 Å². The molecule has 2 aromatic carbocycles. The summed E-state index contributed by atoms with van der Waals surface area (Å²) in [5, 5.41) is 9.26. The molecular weight excluding hydrogens is 340 g/mol. The molecule has 5 nitrogen and oxygen atoms in total. The summed E-state index contributed by atoms with van der Waals surface area (Å²) < 4.78 is 16.8. The lowest BCUT2D eigenvalue weighted by molar-refractivity contribution is 0.0694. The summed E-state index contributed by atoms with van der Waals surface area (Å²) in [5.74, 6) is 0.350. The summed E-state index contributed by atoms with van der Waals surface area (Å²) in [6, 6.07) is 9.90. The maximum Gasteiger partial charge on any atom is 0.339 e. The van der Waals surface area contributed by atoms with Crippen LogP contribution in [0.5, 0.6) is 23.0 Å². The highest BCUT2D eigenvalue weighted by Crippen LogP contribution is 2.41. The van der Waals surface area contributed by atoms with Crippen molar-refractivity contribution in [2.45, 2.75) is 0 Å². The lowest BCUT2D eigenvalue weighted by Crippen LogP contribution is -2.01. The van der Waals surface area contributed by atoms with Crippen LogP contribution in [-0.4, -0.2) is 25.3 Å². The van der Waals surface area contributed by atoms with Crippen molar-refractivity contribution in [3.05, 3.63) is 46.4 Å². The normalized spacial score (nSPS) is 10.0. The number of hydrogen-bond acceptors (Lipinski definition) is 4. The number of rotatable bonds is 5. The zero-order valence-corrected chi connectivity index (χ0v) is 13.0. The smallest absolute Gasteiger partial charge is 0.339 e. The Labute approximate surface area is 130 Å². The first-order valence-corrected chi connectivity index (χ1v) is 6.77. The van der Waals surface area contributed by atoms with Crippen LogP contribution < -0.4 is 14.2 Å². The zero-order chi connectivity index (χ0) is 15.4. The zero-order valence-electron chi connectivity index (χ0n) is 11.4. The fourth-order valence-corrected chi connectivity index (χ4v) is 2.15. The van der Waals surface area contributed by atoms with Crippen molar-refractivity contribution in [1.29, 1.82) is 0 Å². The van der Waals surface area contributed by atoms with E-state index in [2.05, 4.69) is 15.9 Å². The second-order valence-corrected chi connectivity index (χ2v) is 4.96. The molecule has 1 N–H and O–H groups in total. The molecule has 0 saturated heterocycles. The first-order chi connectivity index (χ1) is 10.1. The van der Waals surface area contributed by atoms with E-state index in [9.17, 15) is 9.90 Å². The summed E-state index contributed by atoms with van der Waals surface area (Å²) in [6.07, 6.45) is 0. The van der Waals surface area contributed by atoms with Gasteiger partial charge in [0.2, 0.25) is 5.75 Å². The number of carboxylic acid groups (broad SMARTS) is 1. The monoisotopic (exact) mass is 352 g/mol. The van der Waals surface area contributed by atoms with Gasteiger partial charge in [0.1, 0.15) is 11.3 Å². The van der Waals surface area contributed by atoms with E-state index in [1.54, 1.807) is 30.3 Å². The third kappa shape index (κ3) is 3.28. The van der Waals surface area contributed by atoms with Crippen molar-refractivity contribution in [2.75, 3.05) is 14.2 Å². The molecule has 2 aromatic rings. The molecule has 0 bridgehead atoms. The Bertz CT molecular complexity index is 647. The SMILES string of the molecule is COc1cccc(OC)c1Oc1ccc(Br)cc1C(=O)O. The summed E-state index contributed by atoms with van der Waals surface area (Å²) in [4.78, 5) is 11.3. The highest BCUT2D eigenvalue weighted by molar-refractivity contribution is 9.10. The number of benzene rings is 2. The van der Waals surface area contributed by atoms with Crippen LogP contribution in [0, 0.1) is 0 Å². The van der Waals surface area contributed by atoms with Gasteiger partial charge >= 0.3 is 5.97 Å². The number of hydrogen-bond donors (Lipinski definition) is 1. The standard InChI is InChI=1S/C15H13BrO5/c1-19-12-4-3-5-13(20-2)14(12)21-11-7-6-9(16)8-10(11)15(17)18/h3-8H,1-2H3,(H,17,18). The van der Waals surface area contributed by atoms with Crippen molar-refractivity contribution in [3.63, 3.8) is 0 Å². The summed E-state index contributed by atoms with van der Waals surface area (Å²) in [7, 11) is 3.00. The molecular formula is C15H13BrO5. The number of para-hydroxylation sites is 1. The Hall–Kier alpha value is -2.21. The van der Waals surface area contributed by atoms with Gasteiger partial charge in [-0.15, -0.1) is 0 Å². The van der Waals surface area contributed by atoms with E-state index in [0.29, 0.717) is 21.7 Å². The molecule has 0 aromatic heterocycles. The first-order valence-electron chi connectivity index (χ1n) is 5.98.